The Morgan fingerprint density at radius 3 is 2.21 bits per heavy atom. The Hall–Kier alpha value is -6.04. The Balaban J connectivity index is 0.000000908. The number of aromatic nitrogens is 3. The number of aliphatic carboxylic acids is 1. The van der Waals surface area contributed by atoms with Crippen LogP contribution >= 0.6 is 0 Å². The summed E-state index contributed by atoms with van der Waals surface area (Å²) >= 11 is 0. The zero-order chi connectivity index (χ0) is 41.3. The molecule has 1 saturated heterocycles. The number of likely N-dealkylation sites (N-methyl/N-ethyl adjacent to an activating group) is 1. The summed E-state index contributed by atoms with van der Waals surface area (Å²) in [6.45, 7) is 5.51. The van der Waals surface area contributed by atoms with Gasteiger partial charge in [-0.2, -0.15) is 13.2 Å². The van der Waals surface area contributed by atoms with Crippen molar-refractivity contribution in [3.63, 3.8) is 0 Å². The summed E-state index contributed by atoms with van der Waals surface area (Å²) in [5.74, 6) is -4.21. The molecule has 18 heteroatoms. The number of methoxy groups -OCH3 is 1. The average molecular weight is 783 g/mol. The lowest BCUT2D eigenvalue weighted by Crippen LogP contribution is -2.58. The van der Waals surface area contributed by atoms with Crippen LogP contribution in [0.5, 0.6) is 5.75 Å². The lowest BCUT2D eigenvalue weighted by molar-refractivity contribution is -0.192. The molecule has 1 aromatic heterocycles. The van der Waals surface area contributed by atoms with Crippen molar-refractivity contribution in [3.05, 3.63) is 78.5 Å². The van der Waals surface area contributed by atoms with Gasteiger partial charge in [-0.05, 0) is 54.4 Å². The van der Waals surface area contributed by atoms with Crippen LogP contribution in [0.2, 0.25) is 0 Å². The number of primary amides is 1. The summed E-state index contributed by atoms with van der Waals surface area (Å²) in [6, 6.07) is 17.2. The molecule has 5 atom stereocenters. The topological polar surface area (TPSA) is 211 Å². The molecule has 4 amide bonds. The third kappa shape index (κ3) is 10.8. The van der Waals surface area contributed by atoms with Crippen molar-refractivity contribution in [1.29, 1.82) is 0 Å². The van der Waals surface area contributed by atoms with Gasteiger partial charge in [-0.3, -0.25) is 19.2 Å². The Kier molecular flexibility index (Phi) is 14.1. The predicted molar refractivity (Wildman–Crippen MR) is 199 cm³/mol. The van der Waals surface area contributed by atoms with E-state index in [0.717, 1.165) is 27.6 Å². The van der Waals surface area contributed by atoms with Crippen LogP contribution in [0, 0.1) is 5.92 Å². The molecule has 1 fully saturated rings. The van der Waals surface area contributed by atoms with Gasteiger partial charge in [0.15, 0.2) is 0 Å². The summed E-state index contributed by atoms with van der Waals surface area (Å²) in [7, 11) is 3.29. The maximum atomic E-state index is 14.2. The number of hydrogen-bond acceptors (Lipinski definition) is 9. The van der Waals surface area contributed by atoms with Crippen LogP contribution in [-0.4, -0.2) is 106 Å². The van der Waals surface area contributed by atoms with Gasteiger partial charge in [-0.1, -0.05) is 67.6 Å². The molecule has 4 aromatic rings. The molecule has 300 valence electrons. The molecule has 0 aliphatic carbocycles. The number of amides is 4. The molecular formula is C38H45F3N8O7. The number of nitrogens with zero attached hydrogens (tertiary/aromatic N) is 4. The molecule has 5 rings (SSSR count). The average Bonchev–Trinajstić information content (AvgIpc) is 3.84. The van der Waals surface area contributed by atoms with Crippen molar-refractivity contribution in [1.82, 2.24) is 35.8 Å². The molecule has 1 aliphatic heterocycles. The smallest absolute Gasteiger partial charge is 0.490 e. The molecule has 0 unspecified atom stereocenters. The number of rotatable bonds is 13. The number of nitrogens with two attached hydrogens (primary N) is 1. The summed E-state index contributed by atoms with van der Waals surface area (Å²) in [5, 5.41) is 26.5. The second-order valence-corrected chi connectivity index (χ2v) is 13.6. The monoisotopic (exact) mass is 782 g/mol. The van der Waals surface area contributed by atoms with Crippen molar-refractivity contribution in [2.45, 2.75) is 70.0 Å². The summed E-state index contributed by atoms with van der Waals surface area (Å²) in [5.41, 5.74) is 8.04. The lowest BCUT2D eigenvalue weighted by Gasteiger charge is -2.31. The molecule has 0 spiro atoms. The van der Waals surface area contributed by atoms with Gasteiger partial charge in [-0.15, -0.1) is 5.10 Å². The number of carboxylic acids is 1. The zero-order valence-corrected chi connectivity index (χ0v) is 31.4. The molecule has 0 bridgehead atoms. The van der Waals surface area contributed by atoms with Crippen LogP contribution in [0.25, 0.3) is 22.0 Å². The van der Waals surface area contributed by atoms with Crippen molar-refractivity contribution in [3.8, 4) is 17.0 Å². The van der Waals surface area contributed by atoms with Gasteiger partial charge in [0.1, 0.15) is 29.6 Å². The second kappa shape index (κ2) is 18.5. The molecule has 1 aliphatic rings. The van der Waals surface area contributed by atoms with E-state index in [1.807, 2.05) is 80.6 Å². The van der Waals surface area contributed by atoms with Crippen molar-refractivity contribution in [2.75, 3.05) is 20.7 Å². The summed E-state index contributed by atoms with van der Waals surface area (Å²) in [6.07, 6.45) is -2.87. The Bertz CT molecular complexity index is 2030. The Labute approximate surface area is 320 Å². The first-order valence-corrected chi connectivity index (χ1v) is 17.6. The number of ether oxygens (including phenoxy) is 1. The van der Waals surface area contributed by atoms with Crippen LogP contribution in [-0.2, 0) is 30.4 Å². The SMILES string of the molecule is CN[C@@H](C)C(=O)N[C@H](C(=O)N1C[C@@H](n2cc(-c3ccc4cc(OC)ccc4c3)nn2)C[C@H]1C(=O)N[C@@H](Cc1ccccc1)C(N)=O)C(C)C.O=C(O)C(F)(F)F. The van der Waals surface area contributed by atoms with Gasteiger partial charge >= 0.3 is 12.1 Å². The highest BCUT2D eigenvalue weighted by molar-refractivity contribution is 5.95. The van der Waals surface area contributed by atoms with Crippen LogP contribution in [0.4, 0.5) is 13.2 Å². The molecule has 56 heavy (non-hydrogen) atoms. The number of likely N-dealkylation sites (tertiary alicyclic amines) is 1. The van der Waals surface area contributed by atoms with Gasteiger partial charge in [0.2, 0.25) is 23.6 Å². The molecule has 15 nitrogen and oxygen atoms in total. The fourth-order valence-electron chi connectivity index (χ4n) is 6.04. The largest absolute Gasteiger partial charge is 0.497 e. The first kappa shape index (κ1) is 42.7. The van der Waals surface area contributed by atoms with E-state index in [2.05, 4.69) is 26.3 Å². The highest BCUT2D eigenvalue weighted by atomic mass is 19.4. The van der Waals surface area contributed by atoms with E-state index in [1.165, 1.54) is 4.90 Å². The minimum atomic E-state index is -5.08. The Morgan fingerprint density at radius 1 is 0.982 bits per heavy atom. The number of carbonyl (C=O) groups is 5. The number of nitrogens with one attached hydrogen (secondary N) is 3. The van der Waals surface area contributed by atoms with E-state index >= 15 is 0 Å². The quantitative estimate of drug-likeness (QED) is 0.134. The van der Waals surface area contributed by atoms with E-state index in [0.29, 0.717) is 5.69 Å². The number of halogens is 3. The van der Waals surface area contributed by atoms with Crippen LogP contribution in [0.15, 0.2) is 72.9 Å². The van der Waals surface area contributed by atoms with E-state index in [1.54, 1.807) is 32.0 Å². The van der Waals surface area contributed by atoms with Gasteiger partial charge in [-0.25, -0.2) is 9.48 Å². The fourth-order valence-corrected chi connectivity index (χ4v) is 6.04. The number of fused-ring (bicyclic) bond motifs is 1. The minimum absolute atomic E-state index is 0.137. The first-order valence-electron chi connectivity index (χ1n) is 17.6. The van der Waals surface area contributed by atoms with Gasteiger partial charge in [0.25, 0.3) is 0 Å². The molecule has 0 radical (unpaired) electrons. The van der Waals surface area contributed by atoms with Gasteiger partial charge < -0.3 is 36.4 Å². The minimum Gasteiger partial charge on any atom is -0.497 e. The highest BCUT2D eigenvalue weighted by Gasteiger charge is 2.44. The third-order valence-electron chi connectivity index (χ3n) is 9.33. The second-order valence-electron chi connectivity index (χ2n) is 13.6. The van der Waals surface area contributed by atoms with E-state index in [-0.39, 0.29) is 31.2 Å². The number of benzene rings is 3. The number of alkyl halides is 3. The molecular weight excluding hydrogens is 737 g/mol. The van der Waals surface area contributed by atoms with E-state index in [9.17, 15) is 32.3 Å². The third-order valence-corrected chi connectivity index (χ3v) is 9.33. The summed E-state index contributed by atoms with van der Waals surface area (Å²) < 4.78 is 38.7. The standard InChI is InChI=1S/C36H44N8O5.C2HF3O2/c1-21(2)32(40-34(46)22(3)38-4)36(48)43-19-27(18-31(43)35(47)39-29(33(37)45)15-23-9-7-6-8-10-23)44-20-30(41-42-44)26-12-11-25-17-28(49-5)14-13-24(25)16-26;3-2(4,5)1(6)7/h6-14,16-17,20-22,27,29,31-32,38H,15,18-19H2,1-5H3,(H2,37,45)(H,39,47)(H,40,46);(H,6,7)/t22-,27-,29-,31-,32-;/m0./s1. The molecule has 2 heterocycles. The highest BCUT2D eigenvalue weighted by Crippen LogP contribution is 2.31. The predicted octanol–water partition coefficient (Wildman–Crippen LogP) is 2.84. The number of carbonyl (C=O) groups excluding carboxylic acids is 4. The normalized spacial score (nSPS) is 17.0. The molecule has 6 N–H and O–H groups in total. The van der Waals surface area contributed by atoms with Crippen molar-refractivity contribution in [2.24, 2.45) is 11.7 Å². The van der Waals surface area contributed by atoms with Crippen LogP contribution in [0.3, 0.4) is 0 Å². The van der Waals surface area contributed by atoms with Gasteiger partial charge in [0.05, 0.1) is 25.4 Å². The van der Waals surface area contributed by atoms with Gasteiger partial charge in [0, 0.05) is 24.9 Å². The van der Waals surface area contributed by atoms with Crippen molar-refractivity contribution >= 4 is 40.4 Å². The number of hydrogen-bond donors (Lipinski definition) is 5. The molecule has 0 saturated carbocycles. The van der Waals surface area contributed by atoms with Crippen LogP contribution < -0.4 is 26.4 Å². The maximum absolute atomic E-state index is 14.2. The van der Waals surface area contributed by atoms with E-state index < -0.39 is 60.1 Å². The van der Waals surface area contributed by atoms with Crippen molar-refractivity contribution < 1.29 is 47.0 Å². The fraction of sp³-hybridized carbons (Fsp3) is 0.395. The molecule has 3 aromatic carbocycles. The van der Waals surface area contributed by atoms with Crippen LogP contribution in [0.1, 0.15) is 38.8 Å². The first-order chi connectivity index (χ1) is 26.4. The summed E-state index contributed by atoms with van der Waals surface area (Å²) in [4.78, 5) is 63.8. The maximum Gasteiger partial charge on any atom is 0.490 e. The lowest BCUT2D eigenvalue weighted by atomic mass is 10.0. The number of carboxylic acid groups (broad SMARTS) is 1. The zero-order valence-electron chi connectivity index (χ0n) is 31.4. The Morgan fingerprint density at radius 2 is 1.62 bits per heavy atom. The van der Waals surface area contributed by atoms with E-state index in [4.69, 9.17) is 20.4 Å².